The summed E-state index contributed by atoms with van der Waals surface area (Å²) < 4.78 is 4.56. The van der Waals surface area contributed by atoms with Crippen LogP contribution in [0.15, 0.2) is 30.3 Å². The van der Waals surface area contributed by atoms with Crippen LogP contribution in [0.3, 0.4) is 0 Å². The van der Waals surface area contributed by atoms with Crippen LogP contribution in [0, 0.1) is 0 Å². The molecule has 1 N–H and O–H groups in total. The average Bonchev–Trinajstić information content (AvgIpc) is 2.41. The van der Waals surface area contributed by atoms with E-state index in [0.717, 1.165) is 23.0 Å². The molecular formula is C14H16O4S. The molecule has 0 bridgehead atoms. The van der Waals surface area contributed by atoms with Gasteiger partial charge in [-0.15, -0.1) is 0 Å². The monoisotopic (exact) mass is 280 g/mol. The highest BCUT2D eigenvalue weighted by Crippen LogP contribution is 2.18. The van der Waals surface area contributed by atoms with Crippen LogP contribution in [0.25, 0.3) is 6.08 Å². The molecule has 4 nitrogen and oxygen atoms in total. The molecule has 19 heavy (non-hydrogen) atoms. The highest BCUT2D eigenvalue weighted by molar-refractivity contribution is 7.98. The number of carbonyl (C=O) groups excluding carboxylic acids is 1. The molecule has 1 aromatic carbocycles. The van der Waals surface area contributed by atoms with E-state index in [9.17, 15) is 9.59 Å². The van der Waals surface area contributed by atoms with Crippen LogP contribution in [0.5, 0.6) is 0 Å². The molecule has 0 amide bonds. The summed E-state index contributed by atoms with van der Waals surface area (Å²) in [4.78, 5) is 21.5. The number of ether oxygens (including phenoxy) is 1. The van der Waals surface area contributed by atoms with E-state index in [4.69, 9.17) is 5.11 Å². The fourth-order valence-electron chi connectivity index (χ4n) is 1.43. The number of esters is 1. The zero-order valence-electron chi connectivity index (χ0n) is 10.7. The second kappa shape index (κ2) is 8.37. The average molecular weight is 280 g/mol. The lowest BCUT2D eigenvalue weighted by atomic mass is 10.1. The first kappa shape index (κ1) is 15.3. The summed E-state index contributed by atoms with van der Waals surface area (Å²) in [5.41, 5.74) is 1.94. The molecule has 0 atom stereocenters. The molecule has 0 unspecified atom stereocenters. The Morgan fingerprint density at radius 2 is 2.11 bits per heavy atom. The van der Waals surface area contributed by atoms with Gasteiger partial charge in [-0.3, -0.25) is 4.79 Å². The lowest BCUT2D eigenvalue weighted by Gasteiger charge is -2.05. The number of rotatable bonds is 7. The van der Waals surface area contributed by atoms with E-state index < -0.39 is 5.97 Å². The molecule has 0 spiro atoms. The third-order valence-corrected chi connectivity index (χ3v) is 3.40. The van der Waals surface area contributed by atoms with Gasteiger partial charge in [0.15, 0.2) is 0 Å². The molecule has 0 saturated carbocycles. The van der Waals surface area contributed by atoms with Crippen LogP contribution in [-0.2, 0) is 20.1 Å². The standard InChI is InChI=1S/C14H16O4S/c1-18-14(17)8-9-19-10-12-5-3-2-4-11(12)6-7-13(15)16/h2-7H,8-10H2,1H3,(H,15,16). The van der Waals surface area contributed by atoms with Crippen molar-refractivity contribution in [2.24, 2.45) is 0 Å². The number of carbonyl (C=O) groups is 2. The van der Waals surface area contributed by atoms with Gasteiger partial charge in [-0.1, -0.05) is 24.3 Å². The predicted molar refractivity (Wildman–Crippen MR) is 75.9 cm³/mol. The van der Waals surface area contributed by atoms with Gasteiger partial charge in [-0.2, -0.15) is 11.8 Å². The van der Waals surface area contributed by atoms with Crippen LogP contribution in [0.2, 0.25) is 0 Å². The zero-order chi connectivity index (χ0) is 14.1. The Morgan fingerprint density at radius 1 is 1.37 bits per heavy atom. The number of carboxylic acids is 1. The molecule has 0 aromatic heterocycles. The molecule has 1 aromatic rings. The van der Waals surface area contributed by atoms with Gasteiger partial charge in [0.05, 0.1) is 13.5 Å². The summed E-state index contributed by atoms with van der Waals surface area (Å²) in [5.74, 6) is 0.237. The van der Waals surface area contributed by atoms with Crippen molar-refractivity contribution in [1.82, 2.24) is 0 Å². The van der Waals surface area contributed by atoms with Crippen molar-refractivity contribution in [1.29, 1.82) is 0 Å². The second-order valence-corrected chi connectivity index (χ2v) is 4.85. The molecular weight excluding hydrogens is 264 g/mol. The SMILES string of the molecule is COC(=O)CCSCc1ccccc1C=CC(=O)O. The molecule has 0 aliphatic carbocycles. The van der Waals surface area contributed by atoms with E-state index in [0.29, 0.717) is 12.2 Å². The van der Waals surface area contributed by atoms with Crippen LogP contribution >= 0.6 is 11.8 Å². The van der Waals surface area contributed by atoms with Gasteiger partial charge in [0.1, 0.15) is 0 Å². The van der Waals surface area contributed by atoms with E-state index in [1.54, 1.807) is 17.8 Å². The van der Waals surface area contributed by atoms with Gasteiger partial charge in [0, 0.05) is 17.6 Å². The Morgan fingerprint density at radius 3 is 2.79 bits per heavy atom. The van der Waals surface area contributed by atoms with E-state index in [1.165, 1.54) is 7.11 Å². The number of benzene rings is 1. The smallest absolute Gasteiger partial charge is 0.328 e. The first-order valence-corrected chi connectivity index (χ1v) is 6.92. The maximum Gasteiger partial charge on any atom is 0.328 e. The number of hydrogen-bond acceptors (Lipinski definition) is 4. The number of hydrogen-bond donors (Lipinski definition) is 1. The fraction of sp³-hybridized carbons (Fsp3) is 0.286. The molecule has 0 aliphatic rings. The van der Waals surface area contributed by atoms with Crippen LogP contribution < -0.4 is 0 Å². The maximum absolute atomic E-state index is 11.0. The predicted octanol–water partition coefficient (Wildman–Crippen LogP) is 2.58. The summed E-state index contributed by atoms with van der Waals surface area (Å²) in [6, 6.07) is 7.60. The highest BCUT2D eigenvalue weighted by atomic mass is 32.2. The van der Waals surface area contributed by atoms with Crippen LogP contribution in [0.4, 0.5) is 0 Å². The van der Waals surface area contributed by atoms with Crippen molar-refractivity contribution in [2.45, 2.75) is 12.2 Å². The number of methoxy groups -OCH3 is 1. The summed E-state index contributed by atoms with van der Waals surface area (Å²) in [7, 11) is 1.37. The van der Waals surface area contributed by atoms with Crippen LogP contribution in [-0.4, -0.2) is 29.9 Å². The molecule has 5 heteroatoms. The number of thioether (sulfide) groups is 1. The van der Waals surface area contributed by atoms with E-state index in [1.807, 2.05) is 24.3 Å². The lowest BCUT2D eigenvalue weighted by Crippen LogP contribution is -2.01. The maximum atomic E-state index is 11.0. The van der Waals surface area contributed by atoms with Gasteiger partial charge in [0.25, 0.3) is 0 Å². The van der Waals surface area contributed by atoms with E-state index in [2.05, 4.69) is 4.74 Å². The van der Waals surface area contributed by atoms with Crippen molar-refractivity contribution in [3.8, 4) is 0 Å². The normalized spacial score (nSPS) is 10.6. The molecule has 102 valence electrons. The fourth-order valence-corrected chi connectivity index (χ4v) is 2.37. The minimum absolute atomic E-state index is 0.216. The van der Waals surface area contributed by atoms with Gasteiger partial charge >= 0.3 is 11.9 Å². The lowest BCUT2D eigenvalue weighted by molar-refractivity contribution is -0.140. The van der Waals surface area contributed by atoms with Gasteiger partial charge in [-0.25, -0.2) is 4.79 Å². The topological polar surface area (TPSA) is 63.6 Å². The quantitative estimate of drug-likeness (QED) is 0.472. The summed E-state index contributed by atoms with van der Waals surface area (Å²) >= 11 is 1.62. The largest absolute Gasteiger partial charge is 0.478 e. The number of carboxylic acid groups (broad SMARTS) is 1. The Labute approximate surface area is 116 Å². The first-order valence-electron chi connectivity index (χ1n) is 5.77. The molecule has 0 fully saturated rings. The van der Waals surface area contributed by atoms with Crippen molar-refractivity contribution < 1.29 is 19.4 Å². The minimum Gasteiger partial charge on any atom is -0.478 e. The van der Waals surface area contributed by atoms with Gasteiger partial charge in [-0.05, 0) is 17.2 Å². The van der Waals surface area contributed by atoms with E-state index in [-0.39, 0.29) is 5.97 Å². The summed E-state index contributed by atoms with van der Waals surface area (Å²) in [5, 5.41) is 8.62. The molecule has 0 saturated heterocycles. The van der Waals surface area contributed by atoms with Crippen LogP contribution in [0.1, 0.15) is 17.5 Å². The highest BCUT2D eigenvalue weighted by Gasteiger charge is 2.02. The van der Waals surface area contributed by atoms with Gasteiger partial charge in [0.2, 0.25) is 0 Å². The zero-order valence-corrected chi connectivity index (χ0v) is 11.5. The van der Waals surface area contributed by atoms with Crippen molar-refractivity contribution in [2.75, 3.05) is 12.9 Å². The van der Waals surface area contributed by atoms with Crippen molar-refractivity contribution >= 4 is 29.8 Å². The third kappa shape index (κ3) is 6.10. The van der Waals surface area contributed by atoms with E-state index >= 15 is 0 Å². The number of aliphatic carboxylic acids is 1. The summed E-state index contributed by atoms with van der Waals surface area (Å²) in [6.07, 6.45) is 3.09. The van der Waals surface area contributed by atoms with Gasteiger partial charge < -0.3 is 9.84 Å². The molecule has 0 radical (unpaired) electrons. The Kier molecular flexibility index (Phi) is 6.74. The Balaban J connectivity index is 2.53. The molecule has 0 aliphatic heterocycles. The molecule has 1 rings (SSSR count). The third-order valence-electron chi connectivity index (χ3n) is 2.40. The molecule has 0 heterocycles. The first-order chi connectivity index (χ1) is 9.13. The Bertz CT molecular complexity index is 468. The minimum atomic E-state index is -0.965. The van der Waals surface area contributed by atoms with Crippen molar-refractivity contribution in [3.63, 3.8) is 0 Å². The summed E-state index contributed by atoms with van der Waals surface area (Å²) in [6.45, 7) is 0. The second-order valence-electron chi connectivity index (χ2n) is 3.75. The Hall–Kier alpha value is -1.75. The van der Waals surface area contributed by atoms with Crippen molar-refractivity contribution in [3.05, 3.63) is 41.5 Å².